The first-order valence-corrected chi connectivity index (χ1v) is 6.83. The molecule has 0 radical (unpaired) electrons. The molecule has 0 saturated carbocycles. The number of nitrogens with zero attached hydrogens (tertiary/aromatic N) is 3. The third kappa shape index (κ3) is 3.30. The molecule has 0 aliphatic carbocycles. The van der Waals surface area contributed by atoms with Crippen molar-refractivity contribution in [1.82, 2.24) is 9.55 Å². The van der Waals surface area contributed by atoms with E-state index >= 15 is 0 Å². The number of rotatable bonds is 4. The van der Waals surface area contributed by atoms with E-state index in [1.807, 2.05) is 59.3 Å². The van der Waals surface area contributed by atoms with E-state index in [1.165, 1.54) is 0 Å². The van der Waals surface area contributed by atoms with Gasteiger partial charge in [0.15, 0.2) is 0 Å². The molecule has 0 unspecified atom stereocenters. The van der Waals surface area contributed by atoms with Crippen molar-refractivity contribution in [1.29, 1.82) is 0 Å². The van der Waals surface area contributed by atoms with Gasteiger partial charge in [0.05, 0.1) is 23.3 Å². The fourth-order valence-electron chi connectivity index (χ4n) is 1.88. The van der Waals surface area contributed by atoms with Crippen LogP contribution in [0.15, 0.2) is 72.4 Å². The standard InChI is InChI=1S/C16H13ClN4/c17-16-10-15(21-9-8-18-12-21)7-6-13(16)11-19-20-14-4-2-1-3-5-14/h1-12,20H. The highest BCUT2D eigenvalue weighted by Crippen LogP contribution is 2.19. The van der Waals surface area contributed by atoms with E-state index < -0.39 is 0 Å². The van der Waals surface area contributed by atoms with Crippen LogP contribution in [0.25, 0.3) is 5.69 Å². The van der Waals surface area contributed by atoms with E-state index in [2.05, 4.69) is 15.5 Å². The second-order valence-electron chi connectivity index (χ2n) is 4.41. The molecule has 0 fully saturated rings. The van der Waals surface area contributed by atoms with Gasteiger partial charge in [-0.1, -0.05) is 29.8 Å². The maximum atomic E-state index is 6.28. The van der Waals surface area contributed by atoms with Crippen LogP contribution in [0.5, 0.6) is 0 Å². The van der Waals surface area contributed by atoms with Crippen molar-refractivity contribution in [2.24, 2.45) is 5.10 Å². The van der Waals surface area contributed by atoms with Gasteiger partial charge in [-0.05, 0) is 30.3 Å². The fourth-order valence-corrected chi connectivity index (χ4v) is 2.11. The molecule has 0 bridgehead atoms. The molecule has 1 heterocycles. The van der Waals surface area contributed by atoms with Crippen molar-refractivity contribution in [3.8, 4) is 5.69 Å². The summed E-state index contributed by atoms with van der Waals surface area (Å²) in [6.07, 6.45) is 7.03. The smallest absolute Gasteiger partial charge is 0.0991 e. The lowest BCUT2D eigenvalue weighted by molar-refractivity contribution is 1.06. The Balaban J connectivity index is 1.74. The van der Waals surface area contributed by atoms with Crippen molar-refractivity contribution in [2.45, 2.75) is 0 Å². The SMILES string of the molecule is Clc1cc(-n2ccnc2)ccc1C=NNc1ccccc1. The van der Waals surface area contributed by atoms with Gasteiger partial charge in [-0.25, -0.2) is 4.98 Å². The molecule has 0 amide bonds. The minimum Gasteiger partial charge on any atom is -0.306 e. The Hall–Kier alpha value is -2.59. The minimum atomic E-state index is 0.639. The van der Waals surface area contributed by atoms with Gasteiger partial charge >= 0.3 is 0 Å². The number of hydrogen-bond acceptors (Lipinski definition) is 3. The summed E-state index contributed by atoms with van der Waals surface area (Å²) in [4.78, 5) is 4.02. The normalized spacial score (nSPS) is 10.9. The molecule has 0 aliphatic rings. The summed E-state index contributed by atoms with van der Waals surface area (Å²) in [5.74, 6) is 0. The van der Waals surface area contributed by atoms with Crippen molar-refractivity contribution in [3.05, 3.63) is 77.8 Å². The van der Waals surface area contributed by atoms with Gasteiger partial charge in [0.1, 0.15) is 0 Å². The molecule has 0 spiro atoms. The molecule has 0 aliphatic heterocycles. The van der Waals surface area contributed by atoms with E-state index in [1.54, 1.807) is 18.7 Å². The Morgan fingerprint density at radius 1 is 1.14 bits per heavy atom. The number of para-hydroxylation sites is 1. The number of hydrazone groups is 1. The quantitative estimate of drug-likeness (QED) is 0.584. The zero-order valence-electron chi connectivity index (χ0n) is 11.1. The Bertz CT molecular complexity index is 736. The van der Waals surface area contributed by atoms with Gasteiger partial charge in [0, 0.05) is 23.6 Å². The van der Waals surface area contributed by atoms with Crippen LogP contribution in [-0.2, 0) is 0 Å². The maximum Gasteiger partial charge on any atom is 0.0991 e. The lowest BCUT2D eigenvalue weighted by Gasteiger charge is -2.05. The van der Waals surface area contributed by atoms with Crippen LogP contribution < -0.4 is 5.43 Å². The van der Waals surface area contributed by atoms with Gasteiger partial charge in [-0.3, -0.25) is 5.43 Å². The van der Waals surface area contributed by atoms with Crippen LogP contribution in [0.4, 0.5) is 5.69 Å². The van der Waals surface area contributed by atoms with Gasteiger partial charge in [-0.2, -0.15) is 5.10 Å². The summed E-state index contributed by atoms with van der Waals surface area (Å²) in [5.41, 5.74) is 5.70. The van der Waals surface area contributed by atoms with Crippen molar-refractivity contribution in [3.63, 3.8) is 0 Å². The molecule has 2 aromatic carbocycles. The fraction of sp³-hybridized carbons (Fsp3) is 0. The summed E-state index contributed by atoms with van der Waals surface area (Å²) in [6.45, 7) is 0. The summed E-state index contributed by atoms with van der Waals surface area (Å²) in [7, 11) is 0. The van der Waals surface area contributed by atoms with Gasteiger partial charge < -0.3 is 4.57 Å². The Kier molecular flexibility index (Phi) is 3.98. The van der Waals surface area contributed by atoms with E-state index in [0.29, 0.717) is 5.02 Å². The zero-order valence-corrected chi connectivity index (χ0v) is 11.9. The molecule has 3 aromatic rings. The van der Waals surface area contributed by atoms with Crippen molar-refractivity contribution < 1.29 is 0 Å². The predicted molar refractivity (Wildman–Crippen MR) is 86.2 cm³/mol. The van der Waals surface area contributed by atoms with Crippen LogP contribution >= 0.6 is 11.6 Å². The first kappa shape index (κ1) is 13.4. The van der Waals surface area contributed by atoms with Crippen molar-refractivity contribution >= 4 is 23.5 Å². The van der Waals surface area contributed by atoms with Gasteiger partial charge in [0.25, 0.3) is 0 Å². The molecule has 1 N–H and O–H groups in total. The molecule has 1 aromatic heterocycles. The van der Waals surface area contributed by atoms with E-state index in [9.17, 15) is 0 Å². The number of anilines is 1. The molecule has 5 heteroatoms. The molecule has 21 heavy (non-hydrogen) atoms. The average Bonchev–Trinajstić information content (AvgIpc) is 3.04. The van der Waals surface area contributed by atoms with E-state index in [-0.39, 0.29) is 0 Å². The molecular weight excluding hydrogens is 284 g/mol. The Morgan fingerprint density at radius 3 is 2.71 bits per heavy atom. The highest BCUT2D eigenvalue weighted by atomic mass is 35.5. The largest absolute Gasteiger partial charge is 0.306 e. The summed E-state index contributed by atoms with van der Waals surface area (Å²) in [5, 5.41) is 4.83. The Labute approximate surface area is 127 Å². The third-order valence-corrected chi connectivity index (χ3v) is 3.28. The number of imidazole rings is 1. The highest BCUT2D eigenvalue weighted by molar-refractivity contribution is 6.33. The lowest BCUT2D eigenvalue weighted by Crippen LogP contribution is -1.94. The van der Waals surface area contributed by atoms with Crippen LogP contribution in [0.3, 0.4) is 0 Å². The highest BCUT2D eigenvalue weighted by Gasteiger charge is 2.01. The molecule has 3 rings (SSSR count). The van der Waals surface area contributed by atoms with E-state index in [4.69, 9.17) is 11.6 Å². The molecule has 0 atom stereocenters. The van der Waals surface area contributed by atoms with Crippen LogP contribution in [-0.4, -0.2) is 15.8 Å². The summed E-state index contributed by atoms with van der Waals surface area (Å²) < 4.78 is 1.90. The van der Waals surface area contributed by atoms with Crippen LogP contribution in [0.1, 0.15) is 5.56 Å². The van der Waals surface area contributed by atoms with Crippen molar-refractivity contribution in [2.75, 3.05) is 5.43 Å². The molecule has 104 valence electrons. The van der Waals surface area contributed by atoms with Crippen LogP contribution in [0.2, 0.25) is 5.02 Å². The number of hydrogen-bond donors (Lipinski definition) is 1. The number of nitrogens with one attached hydrogen (secondary N) is 1. The average molecular weight is 297 g/mol. The molecular formula is C16H13ClN4. The summed E-state index contributed by atoms with van der Waals surface area (Å²) in [6, 6.07) is 15.5. The zero-order chi connectivity index (χ0) is 14.5. The van der Waals surface area contributed by atoms with Crippen LogP contribution in [0, 0.1) is 0 Å². The predicted octanol–water partition coefficient (Wildman–Crippen LogP) is 3.97. The van der Waals surface area contributed by atoms with E-state index in [0.717, 1.165) is 16.9 Å². The first-order chi connectivity index (χ1) is 10.3. The Morgan fingerprint density at radius 2 is 2.00 bits per heavy atom. The second-order valence-corrected chi connectivity index (χ2v) is 4.82. The number of benzene rings is 2. The topological polar surface area (TPSA) is 42.2 Å². The number of aromatic nitrogens is 2. The lowest BCUT2D eigenvalue weighted by atomic mass is 10.2. The number of halogens is 1. The first-order valence-electron chi connectivity index (χ1n) is 6.45. The molecule has 0 saturated heterocycles. The maximum absolute atomic E-state index is 6.28. The second kappa shape index (κ2) is 6.24. The summed E-state index contributed by atoms with van der Waals surface area (Å²) >= 11 is 6.28. The minimum absolute atomic E-state index is 0.639. The third-order valence-electron chi connectivity index (χ3n) is 2.96. The molecule has 4 nitrogen and oxygen atoms in total. The van der Waals surface area contributed by atoms with Gasteiger partial charge in [-0.15, -0.1) is 0 Å². The van der Waals surface area contributed by atoms with Gasteiger partial charge in [0.2, 0.25) is 0 Å². The monoisotopic (exact) mass is 296 g/mol.